The predicted molar refractivity (Wildman–Crippen MR) is 75.4 cm³/mol. The number of rotatable bonds is 5. The van der Waals surface area contributed by atoms with Crippen LogP contribution in [0.3, 0.4) is 0 Å². The average Bonchev–Trinajstić information content (AvgIpc) is 3.23. The Balaban J connectivity index is 1.77. The van der Waals surface area contributed by atoms with Gasteiger partial charge in [0.1, 0.15) is 5.56 Å². The molecule has 22 heavy (non-hydrogen) atoms. The van der Waals surface area contributed by atoms with E-state index in [1.165, 1.54) is 18.2 Å². The van der Waals surface area contributed by atoms with E-state index in [0.29, 0.717) is 5.82 Å². The number of halogens is 1. The van der Waals surface area contributed by atoms with Gasteiger partial charge < -0.3 is 5.32 Å². The molecule has 2 aromatic rings. The molecule has 0 atom stereocenters. The predicted octanol–water partition coefficient (Wildman–Crippen LogP) is 1.50. The Morgan fingerprint density at radius 2 is 2.27 bits per heavy atom. The van der Waals surface area contributed by atoms with Crippen molar-refractivity contribution in [3.63, 3.8) is 0 Å². The van der Waals surface area contributed by atoms with E-state index in [9.17, 15) is 14.9 Å². The molecule has 1 aromatic carbocycles. The number of nitrogens with one attached hydrogen (secondary N) is 1. The highest BCUT2D eigenvalue weighted by Crippen LogP contribution is 2.34. The molecule has 9 nitrogen and oxygen atoms in total. The number of amides is 1. The third-order valence-electron chi connectivity index (χ3n) is 3.28. The number of carbonyl (C=O) groups excluding carboxylic acids is 1. The molecule has 1 aromatic heterocycles. The normalized spacial score (nSPS) is 13.9. The number of nitro benzene ring substituents is 1. The van der Waals surface area contributed by atoms with E-state index in [1.54, 1.807) is 4.68 Å². The van der Waals surface area contributed by atoms with Gasteiger partial charge in [0.2, 0.25) is 0 Å². The second-order valence-corrected chi connectivity index (χ2v) is 5.25. The van der Waals surface area contributed by atoms with Gasteiger partial charge in [-0.05, 0) is 29.3 Å². The van der Waals surface area contributed by atoms with Gasteiger partial charge in [0.15, 0.2) is 5.82 Å². The molecule has 1 saturated carbocycles. The van der Waals surface area contributed by atoms with Gasteiger partial charge in [0.05, 0.1) is 22.5 Å². The van der Waals surface area contributed by atoms with Crippen LogP contribution in [-0.4, -0.2) is 31.0 Å². The van der Waals surface area contributed by atoms with Gasteiger partial charge in [-0.1, -0.05) is 17.7 Å². The zero-order chi connectivity index (χ0) is 15.7. The lowest BCUT2D eigenvalue weighted by Gasteiger charge is -2.07. The zero-order valence-corrected chi connectivity index (χ0v) is 12.0. The summed E-state index contributed by atoms with van der Waals surface area (Å²) in [5.74, 6) is -0.131. The van der Waals surface area contributed by atoms with Gasteiger partial charge in [-0.25, -0.2) is 4.68 Å². The van der Waals surface area contributed by atoms with Crippen LogP contribution in [0.1, 0.15) is 35.1 Å². The van der Waals surface area contributed by atoms with Crippen molar-refractivity contribution in [1.29, 1.82) is 0 Å². The van der Waals surface area contributed by atoms with Crippen LogP contribution in [0.2, 0.25) is 5.02 Å². The maximum absolute atomic E-state index is 12.2. The molecule has 0 bridgehead atoms. The highest BCUT2D eigenvalue weighted by molar-refractivity contribution is 6.34. The van der Waals surface area contributed by atoms with Gasteiger partial charge in [0.25, 0.3) is 11.6 Å². The van der Waals surface area contributed by atoms with Crippen LogP contribution >= 0.6 is 11.6 Å². The van der Waals surface area contributed by atoms with Crippen molar-refractivity contribution in [1.82, 2.24) is 25.5 Å². The summed E-state index contributed by atoms with van der Waals surface area (Å²) >= 11 is 5.91. The molecule has 10 heteroatoms. The van der Waals surface area contributed by atoms with Gasteiger partial charge in [-0.15, -0.1) is 5.10 Å². The molecule has 1 aliphatic rings. The Morgan fingerprint density at radius 3 is 2.95 bits per heavy atom. The zero-order valence-electron chi connectivity index (χ0n) is 11.3. The fraction of sp³-hybridized carbons (Fsp3) is 0.333. The minimum absolute atomic E-state index is 0.0217. The summed E-state index contributed by atoms with van der Waals surface area (Å²) < 4.78 is 1.65. The quantitative estimate of drug-likeness (QED) is 0.658. The van der Waals surface area contributed by atoms with Crippen molar-refractivity contribution in [2.24, 2.45) is 0 Å². The molecule has 3 rings (SSSR count). The topological polar surface area (TPSA) is 116 Å². The smallest absolute Gasteiger partial charge is 0.283 e. The molecule has 0 saturated heterocycles. The molecule has 1 heterocycles. The number of hydrogen-bond acceptors (Lipinski definition) is 6. The molecule has 1 aliphatic carbocycles. The Hall–Kier alpha value is -2.55. The van der Waals surface area contributed by atoms with Crippen LogP contribution in [0.25, 0.3) is 0 Å². The molecule has 1 N–H and O–H groups in total. The number of aromatic nitrogens is 4. The molecule has 1 fully saturated rings. The first-order chi connectivity index (χ1) is 10.6. The first-order valence-electron chi connectivity index (χ1n) is 6.55. The highest BCUT2D eigenvalue weighted by atomic mass is 35.5. The van der Waals surface area contributed by atoms with Gasteiger partial charge >= 0.3 is 0 Å². The lowest BCUT2D eigenvalue weighted by Crippen LogP contribution is -2.26. The third-order valence-corrected chi connectivity index (χ3v) is 3.59. The van der Waals surface area contributed by atoms with Crippen molar-refractivity contribution in [3.05, 3.63) is 44.7 Å². The average molecular weight is 323 g/mol. The molecular formula is C12H11ClN6O3. The third kappa shape index (κ3) is 2.75. The number of benzene rings is 1. The fourth-order valence-electron chi connectivity index (χ4n) is 2.07. The molecule has 0 spiro atoms. The van der Waals surface area contributed by atoms with E-state index in [4.69, 9.17) is 11.6 Å². The Bertz CT molecular complexity index is 742. The maximum Gasteiger partial charge on any atom is 0.283 e. The van der Waals surface area contributed by atoms with E-state index < -0.39 is 10.8 Å². The molecule has 0 aliphatic heterocycles. The summed E-state index contributed by atoms with van der Waals surface area (Å²) in [6.45, 7) is 0.0741. The molecule has 0 radical (unpaired) electrons. The molecule has 1 amide bonds. The minimum Gasteiger partial charge on any atom is -0.344 e. The van der Waals surface area contributed by atoms with Gasteiger partial charge in [-0.2, -0.15) is 0 Å². The van der Waals surface area contributed by atoms with Crippen molar-refractivity contribution >= 4 is 23.2 Å². The Morgan fingerprint density at radius 1 is 1.50 bits per heavy atom. The van der Waals surface area contributed by atoms with E-state index in [-0.39, 0.29) is 28.9 Å². The number of tetrazole rings is 1. The molecule has 0 unspecified atom stereocenters. The van der Waals surface area contributed by atoms with Crippen LogP contribution in [0.4, 0.5) is 5.69 Å². The van der Waals surface area contributed by atoms with Crippen LogP contribution < -0.4 is 5.32 Å². The van der Waals surface area contributed by atoms with Crippen LogP contribution in [0, 0.1) is 10.1 Å². The Kier molecular flexibility index (Phi) is 3.72. The van der Waals surface area contributed by atoms with E-state index >= 15 is 0 Å². The van der Waals surface area contributed by atoms with E-state index in [1.807, 2.05) is 0 Å². The van der Waals surface area contributed by atoms with E-state index in [2.05, 4.69) is 20.8 Å². The summed E-state index contributed by atoms with van der Waals surface area (Å²) in [6.07, 6.45) is 2.00. The number of carbonyl (C=O) groups is 1. The largest absolute Gasteiger partial charge is 0.344 e. The van der Waals surface area contributed by atoms with Gasteiger partial charge in [-0.3, -0.25) is 14.9 Å². The van der Waals surface area contributed by atoms with Gasteiger partial charge in [0, 0.05) is 6.07 Å². The molecule has 114 valence electrons. The first-order valence-corrected chi connectivity index (χ1v) is 6.93. The van der Waals surface area contributed by atoms with E-state index in [0.717, 1.165) is 12.8 Å². The maximum atomic E-state index is 12.2. The van der Waals surface area contributed by atoms with Crippen LogP contribution in [0.5, 0.6) is 0 Å². The lowest BCUT2D eigenvalue weighted by atomic mass is 10.1. The first kappa shape index (κ1) is 14.4. The van der Waals surface area contributed by atoms with Crippen molar-refractivity contribution in [3.8, 4) is 0 Å². The monoisotopic (exact) mass is 322 g/mol. The SMILES string of the molecule is O=C(NCc1nnnn1C1CC1)c1c(Cl)cccc1[N+](=O)[O-]. The summed E-state index contributed by atoms with van der Waals surface area (Å²) in [5, 5.41) is 24.9. The van der Waals surface area contributed by atoms with Crippen molar-refractivity contribution in [2.45, 2.75) is 25.4 Å². The standard InChI is InChI=1S/C12H11ClN6O3/c13-8-2-1-3-9(19(21)22)11(8)12(20)14-6-10-15-16-17-18(10)7-4-5-7/h1-3,7H,4-6H2,(H,14,20). The second-order valence-electron chi connectivity index (χ2n) is 4.84. The number of nitro groups is 1. The Labute approximate surface area is 129 Å². The van der Waals surface area contributed by atoms with Crippen molar-refractivity contribution in [2.75, 3.05) is 0 Å². The summed E-state index contributed by atoms with van der Waals surface area (Å²) in [5.41, 5.74) is -0.508. The highest BCUT2D eigenvalue weighted by Gasteiger charge is 2.28. The second kappa shape index (κ2) is 5.68. The number of hydrogen-bond donors (Lipinski definition) is 1. The number of nitrogens with zero attached hydrogens (tertiary/aromatic N) is 5. The van der Waals surface area contributed by atoms with Crippen LogP contribution in [-0.2, 0) is 6.54 Å². The van der Waals surface area contributed by atoms with Crippen molar-refractivity contribution < 1.29 is 9.72 Å². The fourth-order valence-corrected chi connectivity index (χ4v) is 2.32. The summed E-state index contributed by atoms with van der Waals surface area (Å²) in [7, 11) is 0. The lowest BCUT2D eigenvalue weighted by molar-refractivity contribution is -0.385. The molecular weight excluding hydrogens is 312 g/mol. The van der Waals surface area contributed by atoms with Crippen LogP contribution in [0.15, 0.2) is 18.2 Å². The summed E-state index contributed by atoms with van der Waals surface area (Å²) in [4.78, 5) is 22.6. The summed E-state index contributed by atoms with van der Waals surface area (Å²) in [6, 6.07) is 4.36. The minimum atomic E-state index is -0.644.